The molecule has 1 fully saturated rings. The second-order valence-corrected chi connectivity index (χ2v) is 7.24. The Hall–Kier alpha value is -2.88. The van der Waals surface area contributed by atoms with Crippen molar-refractivity contribution in [2.24, 2.45) is 5.92 Å². The lowest BCUT2D eigenvalue weighted by molar-refractivity contribution is -0.139. The van der Waals surface area contributed by atoms with Gasteiger partial charge in [-0.1, -0.05) is 49.6 Å². The lowest BCUT2D eigenvalue weighted by atomic mass is 9.89. The lowest BCUT2D eigenvalue weighted by Gasteiger charge is -2.20. The molecule has 0 N–H and O–H groups in total. The highest BCUT2D eigenvalue weighted by Crippen LogP contribution is 2.36. The number of aryl methyl sites for hydroxylation is 1. The molecule has 0 saturated heterocycles. The summed E-state index contributed by atoms with van der Waals surface area (Å²) < 4.78 is 11.3. The number of benzene rings is 2. The molecule has 0 spiro atoms. The minimum atomic E-state index is -0.420. The molecule has 0 aliphatic heterocycles. The highest BCUT2D eigenvalue weighted by Gasteiger charge is 2.24. The molecular formula is C23H22O4. The van der Waals surface area contributed by atoms with E-state index in [1.807, 2.05) is 43.3 Å². The largest absolute Gasteiger partial charge is 0.425 e. The highest BCUT2D eigenvalue weighted by atomic mass is 16.5. The van der Waals surface area contributed by atoms with Crippen LogP contribution in [0.25, 0.3) is 22.1 Å². The Kier molecular flexibility index (Phi) is 4.80. The van der Waals surface area contributed by atoms with Crippen LogP contribution in [0.15, 0.2) is 57.7 Å². The summed E-state index contributed by atoms with van der Waals surface area (Å²) in [5, 5.41) is 0.663. The molecule has 4 heteroatoms. The number of hydrogen-bond donors (Lipinski definition) is 0. The van der Waals surface area contributed by atoms with Crippen LogP contribution < -0.4 is 10.4 Å². The first-order valence-electron chi connectivity index (χ1n) is 9.47. The zero-order chi connectivity index (χ0) is 18.8. The molecule has 138 valence electrons. The molecule has 0 atom stereocenters. The van der Waals surface area contributed by atoms with Crippen LogP contribution in [0.4, 0.5) is 0 Å². The van der Waals surface area contributed by atoms with Crippen LogP contribution in [0, 0.1) is 12.8 Å². The molecule has 4 rings (SSSR count). The molecule has 1 saturated carbocycles. The first-order valence-corrected chi connectivity index (χ1v) is 9.47. The Balaban J connectivity index is 1.84. The number of rotatable bonds is 3. The zero-order valence-electron chi connectivity index (χ0n) is 15.4. The maximum absolute atomic E-state index is 12.7. The highest BCUT2D eigenvalue weighted by molar-refractivity contribution is 5.99. The standard InChI is InChI=1S/C23H22O4/c1-15-12-19-22(18(14-21(24)26-19)16-8-4-2-5-9-16)20(13-15)27-23(25)17-10-6-3-7-11-17/h2,4-5,8-9,12-14,17H,3,6-7,10-11H2,1H3. The molecule has 0 bridgehead atoms. The van der Waals surface area contributed by atoms with Crippen LogP contribution in [-0.2, 0) is 4.79 Å². The van der Waals surface area contributed by atoms with Crippen molar-refractivity contribution in [2.75, 3.05) is 0 Å². The third-order valence-electron chi connectivity index (χ3n) is 5.19. The van der Waals surface area contributed by atoms with Gasteiger partial charge in [-0.3, -0.25) is 4.79 Å². The van der Waals surface area contributed by atoms with Gasteiger partial charge in [-0.2, -0.15) is 0 Å². The van der Waals surface area contributed by atoms with Crippen LogP contribution >= 0.6 is 0 Å². The van der Waals surface area contributed by atoms with Crippen molar-refractivity contribution in [3.63, 3.8) is 0 Å². The van der Waals surface area contributed by atoms with Crippen LogP contribution in [-0.4, -0.2) is 5.97 Å². The van der Waals surface area contributed by atoms with E-state index in [2.05, 4.69) is 0 Å². The lowest BCUT2D eigenvalue weighted by Crippen LogP contribution is -2.23. The average molecular weight is 362 g/mol. The van der Waals surface area contributed by atoms with Gasteiger partial charge in [0.1, 0.15) is 11.3 Å². The van der Waals surface area contributed by atoms with E-state index in [1.165, 1.54) is 12.5 Å². The summed E-state index contributed by atoms with van der Waals surface area (Å²) in [6.45, 7) is 1.90. The predicted molar refractivity (Wildman–Crippen MR) is 105 cm³/mol. The normalized spacial score (nSPS) is 15.0. The molecule has 1 heterocycles. The SMILES string of the molecule is Cc1cc(OC(=O)C2CCCCC2)c2c(-c3ccccc3)cc(=O)oc2c1. The molecule has 0 radical (unpaired) electrons. The number of esters is 1. The van der Waals surface area contributed by atoms with Crippen molar-refractivity contribution in [1.29, 1.82) is 0 Å². The zero-order valence-corrected chi connectivity index (χ0v) is 15.4. The van der Waals surface area contributed by atoms with Gasteiger partial charge in [0.05, 0.1) is 11.3 Å². The first-order chi connectivity index (χ1) is 13.1. The van der Waals surface area contributed by atoms with Gasteiger partial charge in [0, 0.05) is 11.6 Å². The van der Waals surface area contributed by atoms with Crippen molar-refractivity contribution in [3.05, 3.63) is 64.5 Å². The Morgan fingerprint density at radius 2 is 1.78 bits per heavy atom. The number of carbonyl (C=O) groups excluding carboxylic acids is 1. The van der Waals surface area contributed by atoms with E-state index in [1.54, 1.807) is 6.07 Å². The molecule has 1 aliphatic carbocycles. The van der Waals surface area contributed by atoms with Crippen molar-refractivity contribution in [2.45, 2.75) is 39.0 Å². The van der Waals surface area contributed by atoms with Gasteiger partial charge in [-0.15, -0.1) is 0 Å². The maximum Gasteiger partial charge on any atom is 0.336 e. The third kappa shape index (κ3) is 3.65. The Bertz CT molecular complexity index is 1030. The monoisotopic (exact) mass is 362 g/mol. The fourth-order valence-electron chi connectivity index (χ4n) is 3.85. The third-order valence-corrected chi connectivity index (χ3v) is 5.19. The van der Waals surface area contributed by atoms with Crippen LogP contribution in [0.2, 0.25) is 0 Å². The minimum Gasteiger partial charge on any atom is -0.425 e. The van der Waals surface area contributed by atoms with Crippen LogP contribution in [0.1, 0.15) is 37.7 Å². The Morgan fingerprint density at radius 1 is 1.04 bits per heavy atom. The second-order valence-electron chi connectivity index (χ2n) is 7.24. The Labute approximate surface area is 157 Å². The number of fused-ring (bicyclic) bond motifs is 1. The molecule has 2 aromatic carbocycles. The van der Waals surface area contributed by atoms with E-state index < -0.39 is 5.63 Å². The van der Waals surface area contributed by atoms with Gasteiger partial charge in [0.2, 0.25) is 0 Å². The fourth-order valence-corrected chi connectivity index (χ4v) is 3.85. The van der Waals surface area contributed by atoms with E-state index >= 15 is 0 Å². The quantitative estimate of drug-likeness (QED) is 0.362. The van der Waals surface area contributed by atoms with E-state index in [9.17, 15) is 9.59 Å². The predicted octanol–water partition coefficient (Wildman–Crippen LogP) is 5.25. The van der Waals surface area contributed by atoms with Gasteiger partial charge in [0.15, 0.2) is 0 Å². The average Bonchev–Trinajstić information content (AvgIpc) is 2.68. The van der Waals surface area contributed by atoms with E-state index in [0.29, 0.717) is 22.3 Å². The molecule has 0 amide bonds. The summed E-state index contributed by atoms with van der Waals surface area (Å²) in [6, 6.07) is 14.7. The van der Waals surface area contributed by atoms with Crippen molar-refractivity contribution in [1.82, 2.24) is 0 Å². The molecular weight excluding hydrogens is 340 g/mol. The molecule has 1 aliphatic rings. The summed E-state index contributed by atoms with van der Waals surface area (Å²) in [5.41, 5.74) is 2.49. The molecule has 0 unspecified atom stereocenters. The van der Waals surface area contributed by atoms with Crippen LogP contribution in [0.5, 0.6) is 5.75 Å². The van der Waals surface area contributed by atoms with Gasteiger partial charge < -0.3 is 9.15 Å². The molecule has 27 heavy (non-hydrogen) atoms. The topological polar surface area (TPSA) is 56.5 Å². The van der Waals surface area contributed by atoms with Gasteiger partial charge in [0.25, 0.3) is 0 Å². The smallest absolute Gasteiger partial charge is 0.336 e. The maximum atomic E-state index is 12.7. The summed E-state index contributed by atoms with van der Waals surface area (Å²) in [5.74, 6) is 0.222. The van der Waals surface area contributed by atoms with Gasteiger partial charge >= 0.3 is 11.6 Å². The number of carbonyl (C=O) groups is 1. The van der Waals surface area contributed by atoms with Crippen molar-refractivity contribution in [3.8, 4) is 16.9 Å². The minimum absolute atomic E-state index is 0.0507. The van der Waals surface area contributed by atoms with Crippen molar-refractivity contribution >= 4 is 16.9 Å². The van der Waals surface area contributed by atoms with E-state index in [4.69, 9.17) is 9.15 Å². The number of hydrogen-bond acceptors (Lipinski definition) is 4. The van der Waals surface area contributed by atoms with Crippen LogP contribution in [0.3, 0.4) is 0 Å². The summed E-state index contributed by atoms with van der Waals surface area (Å²) in [4.78, 5) is 24.8. The first kappa shape index (κ1) is 17.5. The van der Waals surface area contributed by atoms with Crippen molar-refractivity contribution < 1.29 is 13.9 Å². The number of ether oxygens (including phenoxy) is 1. The van der Waals surface area contributed by atoms with Gasteiger partial charge in [-0.05, 0) is 43.0 Å². The molecule has 4 nitrogen and oxygen atoms in total. The summed E-state index contributed by atoms with van der Waals surface area (Å²) >= 11 is 0. The fraction of sp³-hybridized carbons (Fsp3) is 0.304. The van der Waals surface area contributed by atoms with E-state index in [-0.39, 0.29) is 11.9 Å². The van der Waals surface area contributed by atoms with Gasteiger partial charge in [-0.25, -0.2) is 4.79 Å². The summed E-state index contributed by atoms with van der Waals surface area (Å²) in [7, 11) is 0. The molecule has 1 aromatic heterocycles. The molecule has 3 aromatic rings. The second kappa shape index (κ2) is 7.39. The summed E-state index contributed by atoms with van der Waals surface area (Å²) in [6.07, 6.45) is 5.07. The van der Waals surface area contributed by atoms with E-state index in [0.717, 1.165) is 36.8 Å². The Morgan fingerprint density at radius 3 is 2.52 bits per heavy atom.